The van der Waals surface area contributed by atoms with Crippen molar-refractivity contribution in [3.05, 3.63) is 11.5 Å². The Morgan fingerprint density at radius 2 is 2.19 bits per heavy atom. The van der Waals surface area contributed by atoms with Crippen LogP contribution < -0.4 is 11.5 Å². The Labute approximate surface area is 91.0 Å². The van der Waals surface area contributed by atoms with Crippen LogP contribution in [0.3, 0.4) is 0 Å². The fraction of sp³-hybridized carbons (Fsp3) is 0.625. The van der Waals surface area contributed by atoms with Gasteiger partial charge in [0.1, 0.15) is 6.10 Å². The third kappa shape index (κ3) is 2.42. The van der Waals surface area contributed by atoms with Crippen molar-refractivity contribution in [2.24, 2.45) is 11.5 Å². The minimum absolute atomic E-state index is 0.0487. The molecule has 3 atom stereocenters. The van der Waals surface area contributed by atoms with Crippen molar-refractivity contribution < 1.29 is 29.6 Å². The van der Waals surface area contributed by atoms with Gasteiger partial charge in [0.25, 0.3) is 0 Å². The highest BCUT2D eigenvalue weighted by Crippen LogP contribution is 2.25. The van der Waals surface area contributed by atoms with Gasteiger partial charge in [-0.05, 0) is 0 Å². The first kappa shape index (κ1) is 12.7. The third-order valence-corrected chi connectivity index (χ3v) is 1.97. The third-order valence-electron chi connectivity index (χ3n) is 1.97. The van der Waals surface area contributed by atoms with Crippen molar-refractivity contribution >= 4 is 5.97 Å². The van der Waals surface area contributed by atoms with E-state index in [0.29, 0.717) is 0 Å². The number of cyclic esters (lactones) is 1. The van der Waals surface area contributed by atoms with E-state index in [1.54, 1.807) is 0 Å². The lowest BCUT2D eigenvalue weighted by Crippen LogP contribution is -2.38. The SMILES string of the molecule is NCC(N)OC1=C(O)C(=O)O[C@@H]1[C@@H](O)CO. The van der Waals surface area contributed by atoms with E-state index in [1.165, 1.54) is 0 Å². The number of carbonyl (C=O) groups is 1. The quantitative estimate of drug-likeness (QED) is 0.255. The molecule has 0 saturated heterocycles. The number of carbonyl (C=O) groups excluding carboxylic acids is 1. The van der Waals surface area contributed by atoms with Gasteiger partial charge in [0.2, 0.25) is 5.76 Å². The molecule has 1 aliphatic heterocycles. The second-order valence-electron chi connectivity index (χ2n) is 3.18. The summed E-state index contributed by atoms with van der Waals surface area (Å²) in [4.78, 5) is 11.0. The van der Waals surface area contributed by atoms with Gasteiger partial charge in [0.15, 0.2) is 18.1 Å². The number of nitrogens with two attached hydrogens (primary N) is 2. The molecule has 0 spiro atoms. The van der Waals surface area contributed by atoms with Crippen LogP contribution in [0.2, 0.25) is 0 Å². The first-order chi connectivity index (χ1) is 7.51. The standard InChI is InChI=1S/C8H14N2O6/c9-1-4(10)15-7-5(13)8(14)16-6(7)3(12)2-11/h3-4,6,11-13H,1-2,9-10H2/t3-,4?,6+/m0/s1. The zero-order valence-electron chi connectivity index (χ0n) is 8.37. The molecule has 0 aromatic carbocycles. The van der Waals surface area contributed by atoms with Crippen molar-refractivity contribution in [2.75, 3.05) is 13.2 Å². The number of aliphatic hydroxyl groups is 3. The molecule has 0 saturated carbocycles. The lowest BCUT2D eigenvalue weighted by Gasteiger charge is -2.20. The van der Waals surface area contributed by atoms with E-state index in [4.69, 9.17) is 21.3 Å². The molecule has 0 amide bonds. The highest BCUT2D eigenvalue weighted by atomic mass is 16.6. The zero-order valence-corrected chi connectivity index (χ0v) is 8.37. The van der Waals surface area contributed by atoms with Crippen molar-refractivity contribution in [3.8, 4) is 0 Å². The van der Waals surface area contributed by atoms with Crippen LogP contribution in [-0.4, -0.2) is 52.9 Å². The minimum Gasteiger partial charge on any atom is -0.499 e. The van der Waals surface area contributed by atoms with Crippen LogP contribution in [-0.2, 0) is 14.3 Å². The molecule has 1 unspecified atom stereocenters. The van der Waals surface area contributed by atoms with Crippen molar-refractivity contribution in [3.63, 3.8) is 0 Å². The van der Waals surface area contributed by atoms with Crippen LogP contribution in [0.1, 0.15) is 0 Å². The molecule has 8 nitrogen and oxygen atoms in total. The van der Waals surface area contributed by atoms with Gasteiger partial charge < -0.3 is 30.5 Å². The van der Waals surface area contributed by atoms with E-state index in [9.17, 15) is 15.0 Å². The Bertz CT molecular complexity index is 305. The molecule has 92 valence electrons. The molecule has 0 fully saturated rings. The Kier molecular flexibility index (Phi) is 4.07. The van der Waals surface area contributed by atoms with Gasteiger partial charge in [0.05, 0.1) is 6.61 Å². The molecule has 1 heterocycles. The average Bonchev–Trinajstić information content (AvgIpc) is 2.56. The number of hydrogen-bond donors (Lipinski definition) is 5. The first-order valence-corrected chi connectivity index (χ1v) is 4.56. The predicted molar refractivity (Wildman–Crippen MR) is 50.7 cm³/mol. The molecule has 0 bridgehead atoms. The lowest BCUT2D eigenvalue weighted by atomic mass is 10.2. The summed E-state index contributed by atoms with van der Waals surface area (Å²) >= 11 is 0. The van der Waals surface area contributed by atoms with E-state index in [0.717, 1.165) is 0 Å². The Morgan fingerprint density at radius 3 is 2.69 bits per heavy atom. The maximum absolute atomic E-state index is 11.0. The van der Waals surface area contributed by atoms with Gasteiger partial charge in [-0.3, -0.25) is 5.73 Å². The van der Waals surface area contributed by atoms with E-state index in [2.05, 4.69) is 4.74 Å². The molecule has 1 rings (SSSR count). The molecular formula is C8H14N2O6. The van der Waals surface area contributed by atoms with Gasteiger partial charge in [-0.2, -0.15) is 0 Å². The fourth-order valence-corrected chi connectivity index (χ4v) is 1.14. The summed E-state index contributed by atoms with van der Waals surface area (Å²) in [5, 5.41) is 27.4. The second-order valence-corrected chi connectivity index (χ2v) is 3.18. The van der Waals surface area contributed by atoms with E-state index in [1.807, 2.05) is 0 Å². The minimum atomic E-state index is -1.39. The van der Waals surface area contributed by atoms with Crippen molar-refractivity contribution in [2.45, 2.75) is 18.4 Å². The van der Waals surface area contributed by atoms with Gasteiger partial charge >= 0.3 is 5.97 Å². The number of ether oxygens (including phenoxy) is 2. The maximum Gasteiger partial charge on any atom is 0.378 e. The van der Waals surface area contributed by atoms with Gasteiger partial charge in [-0.15, -0.1) is 0 Å². The van der Waals surface area contributed by atoms with Crippen LogP contribution in [0.4, 0.5) is 0 Å². The first-order valence-electron chi connectivity index (χ1n) is 4.56. The molecule has 0 aromatic heterocycles. The number of hydrogen-bond acceptors (Lipinski definition) is 8. The molecule has 1 aliphatic rings. The normalized spacial score (nSPS) is 24.2. The average molecular weight is 234 g/mol. The molecule has 8 heteroatoms. The lowest BCUT2D eigenvalue weighted by molar-refractivity contribution is -0.148. The summed E-state index contributed by atoms with van der Waals surface area (Å²) in [6.07, 6.45) is -3.61. The topological polar surface area (TPSA) is 148 Å². The van der Waals surface area contributed by atoms with Crippen LogP contribution in [0, 0.1) is 0 Å². The molecule has 7 N–H and O–H groups in total. The monoisotopic (exact) mass is 234 g/mol. The summed E-state index contributed by atoms with van der Waals surface area (Å²) in [5.41, 5.74) is 10.6. The van der Waals surface area contributed by atoms with Crippen molar-refractivity contribution in [1.82, 2.24) is 0 Å². The Hall–Kier alpha value is -1.35. The summed E-state index contributed by atoms with van der Waals surface area (Å²) < 4.78 is 9.53. The number of rotatable bonds is 5. The van der Waals surface area contributed by atoms with Crippen molar-refractivity contribution in [1.29, 1.82) is 0 Å². The highest BCUT2D eigenvalue weighted by molar-refractivity contribution is 5.89. The van der Waals surface area contributed by atoms with Crippen LogP contribution in [0.15, 0.2) is 11.5 Å². The van der Waals surface area contributed by atoms with Crippen LogP contribution in [0.5, 0.6) is 0 Å². The van der Waals surface area contributed by atoms with E-state index in [-0.39, 0.29) is 12.3 Å². The summed E-state index contributed by atoms with van der Waals surface area (Å²) in [7, 11) is 0. The zero-order chi connectivity index (χ0) is 12.3. The van der Waals surface area contributed by atoms with Gasteiger partial charge in [-0.25, -0.2) is 4.79 Å². The summed E-state index contributed by atoms with van der Waals surface area (Å²) in [6.45, 7) is -0.705. The molecule has 0 aliphatic carbocycles. The smallest absolute Gasteiger partial charge is 0.378 e. The van der Waals surface area contributed by atoms with E-state index >= 15 is 0 Å². The van der Waals surface area contributed by atoms with Crippen LogP contribution in [0.25, 0.3) is 0 Å². The van der Waals surface area contributed by atoms with Crippen LogP contribution >= 0.6 is 0 Å². The molecular weight excluding hydrogens is 220 g/mol. The fourth-order valence-electron chi connectivity index (χ4n) is 1.14. The second kappa shape index (κ2) is 5.12. The number of esters is 1. The largest absolute Gasteiger partial charge is 0.499 e. The Morgan fingerprint density at radius 1 is 1.56 bits per heavy atom. The summed E-state index contributed by atoms with van der Waals surface area (Å²) in [5.74, 6) is -2.14. The van der Waals surface area contributed by atoms with Gasteiger partial charge in [-0.1, -0.05) is 0 Å². The molecule has 0 aromatic rings. The predicted octanol–water partition coefficient (Wildman–Crippen LogP) is -2.71. The van der Waals surface area contributed by atoms with E-state index < -0.39 is 36.8 Å². The Balaban J connectivity index is 2.84. The molecule has 16 heavy (non-hydrogen) atoms. The molecule has 0 radical (unpaired) electrons. The van der Waals surface area contributed by atoms with Gasteiger partial charge in [0, 0.05) is 6.54 Å². The number of aliphatic hydroxyl groups excluding tert-OH is 3. The maximum atomic E-state index is 11.0. The summed E-state index contributed by atoms with van der Waals surface area (Å²) in [6, 6.07) is 0. The highest BCUT2D eigenvalue weighted by Gasteiger charge is 2.41.